The highest BCUT2D eigenvalue weighted by Crippen LogP contribution is 2.41. The fourth-order valence-corrected chi connectivity index (χ4v) is 3.90. The van der Waals surface area contributed by atoms with Crippen LogP contribution in [0.5, 0.6) is 0 Å². The molecular weight excluding hydrogens is 250 g/mol. The molecule has 0 amide bonds. The van der Waals surface area contributed by atoms with Gasteiger partial charge in [-0.2, -0.15) is 0 Å². The van der Waals surface area contributed by atoms with Crippen LogP contribution in [0.15, 0.2) is 0 Å². The lowest BCUT2D eigenvalue weighted by molar-refractivity contribution is 0.0895. The van der Waals surface area contributed by atoms with E-state index in [1.807, 2.05) is 0 Å². The van der Waals surface area contributed by atoms with Crippen LogP contribution in [0.4, 0.5) is 0 Å². The third kappa shape index (κ3) is 3.35. The Labute approximate surface area is 123 Å². The lowest BCUT2D eigenvalue weighted by Crippen LogP contribution is -2.59. The molecule has 0 spiro atoms. The third-order valence-corrected chi connectivity index (χ3v) is 5.46. The van der Waals surface area contributed by atoms with E-state index >= 15 is 0 Å². The summed E-state index contributed by atoms with van der Waals surface area (Å²) in [4.78, 5) is 4.94. The fourth-order valence-electron chi connectivity index (χ4n) is 3.90. The van der Waals surface area contributed by atoms with Gasteiger partial charge in [-0.25, -0.2) is 0 Å². The highest BCUT2D eigenvalue weighted by molar-refractivity contribution is 5.06. The number of rotatable bonds is 8. The first-order valence-electron chi connectivity index (χ1n) is 8.40. The molecule has 2 unspecified atom stereocenters. The van der Waals surface area contributed by atoms with E-state index in [0.29, 0.717) is 24.6 Å². The zero-order chi connectivity index (χ0) is 14.2. The summed E-state index contributed by atoms with van der Waals surface area (Å²) in [5.41, 5.74) is -0.0346. The van der Waals surface area contributed by atoms with Crippen LogP contribution < -0.4 is 5.32 Å². The van der Waals surface area contributed by atoms with Gasteiger partial charge in [0.2, 0.25) is 0 Å². The molecule has 1 saturated heterocycles. The van der Waals surface area contributed by atoms with Crippen molar-refractivity contribution >= 4 is 0 Å². The van der Waals surface area contributed by atoms with Gasteiger partial charge in [-0.05, 0) is 65.1 Å². The molecule has 1 aliphatic heterocycles. The summed E-state index contributed by atoms with van der Waals surface area (Å²) in [7, 11) is 4.47. The first kappa shape index (κ1) is 14.8. The summed E-state index contributed by atoms with van der Waals surface area (Å²) in [6.07, 6.45) is 7.83. The molecule has 3 aliphatic rings. The second kappa shape index (κ2) is 5.91. The first-order chi connectivity index (χ1) is 9.63. The van der Waals surface area contributed by atoms with E-state index in [9.17, 15) is 5.11 Å². The van der Waals surface area contributed by atoms with Crippen molar-refractivity contribution < 1.29 is 5.11 Å². The number of hydrogen-bond acceptors (Lipinski definition) is 4. The molecular formula is C16H31N3O. The topological polar surface area (TPSA) is 38.7 Å². The van der Waals surface area contributed by atoms with Crippen LogP contribution in [0.2, 0.25) is 0 Å². The molecule has 4 heteroatoms. The summed E-state index contributed by atoms with van der Waals surface area (Å²) < 4.78 is 0. The second-order valence-corrected chi connectivity index (χ2v) is 7.48. The molecule has 2 atom stereocenters. The van der Waals surface area contributed by atoms with Gasteiger partial charge in [-0.3, -0.25) is 0 Å². The minimum Gasteiger partial charge on any atom is -0.394 e. The van der Waals surface area contributed by atoms with Crippen molar-refractivity contribution in [2.24, 2.45) is 5.92 Å². The SMILES string of the molecule is CN(CC1CCCN1C)CC(CO)(NC1CC1)C1CC1. The number of likely N-dealkylation sites (tertiary alicyclic amines) is 1. The average Bonchev–Trinajstić information content (AvgIpc) is 3.31. The third-order valence-electron chi connectivity index (χ3n) is 5.46. The summed E-state index contributed by atoms with van der Waals surface area (Å²) >= 11 is 0. The van der Waals surface area contributed by atoms with Gasteiger partial charge in [0.15, 0.2) is 0 Å². The predicted molar refractivity (Wildman–Crippen MR) is 81.8 cm³/mol. The molecule has 2 N–H and O–H groups in total. The average molecular weight is 281 g/mol. The van der Waals surface area contributed by atoms with Crippen LogP contribution in [-0.2, 0) is 0 Å². The predicted octanol–water partition coefficient (Wildman–Crippen LogP) is 0.906. The van der Waals surface area contributed by atoms with Gasteiger partial charge in [-0.15, -0.1) is 0 Å². The van der Waals surface area contributed by atoms with E-state index in [4.69, 9.17) is 0 Å². The monoisotopic (exact) mass is 281 g/mol. The molecule has 3 rings (SSSR count). The minimum atomic E-state index is -0.0346. The standard InChI is InChI=1S/C16H31N3O/c1-18(10-15-4-3-9-19(15)2)11-16(12-20,13-5-6-13)17-14-7-8-14/h13-15,17,20H,3-12H2,1-2H3. The van der Waals surface area contributed by atoms with Gasteiger partial charge in [0.05, 0.1) is 12.1 Å². The first-order valence-corrected chi connectivity index (χ1v) is 8.40. The number of likely N-dealkylation sites (N-methyl/N-ethyl adjacent to an activating group) is 2. The number of aliphatic hydroxyl groups excluding tert-OH is 1. The van der Waals surface area contributed by atoms with Crippen molar-refractivity contribution in [2.45, 2.75) is 56.1 Å². The van der Waals surface area contributed by atoms with Gasteiger partial charge in [0.25, 0.3) is 0 Å². The lowest BCUT2D eigenvalue weighted by Gasteiger charge is -2.38. The summed E-state index contributed by atoms with van der Waals surface area (Å²) in [5, 5.41) is 13.8. The number of hydrogen-bond donors (Lipinski definition) is 2. The molecule has 3 fully saturated rings. The Kier molecular flexibility index (Phi) is 4.37. The lowest BCUT2D eigenvalue weighted by atomic mass is 9.92. The smallest absolute Gasteiger partial charge is 0.0628 e. The minimum absolute atomic E-state index is 0.0346. The van der Waals surface area contributed by atoms with Crippen LogP contribution in [0, 0.1) is 5.92 Å². The van der Waals surface area contributed by atoms with E-state index < -0.39 is 0 Å². The van der Waals surface area contributed by atoms with Gasteiger partial charge in [0, 0.05) is 25.2 Å². The Hall–Kier alpha value is -0.160. The number of aliphatic hydroxyl groups is 1. The van der Waals surface area contributed by atoms with E-state index in [1.165, 1.54) is 45.1 Å². The van der Waals surface area contributed by atoms with Crippen LogP contribution in [-0.4, -0.2) is 72.9 Å². The van der Waals surface area contributed by atoms with Crippen molar-refractivity contribution in [3.8, 4) is 0 Å². The molecule has 2 saturated carbocycles. The van der Waals surface area contributed by atoms with Crippen molar-refractivity contribution in [3.05, 3.63) is 0 Å². The number of nitrogens with one attached hydrogen (secondary N) is 1. The highest BCUT2D eigenvalue weighted by atomic mass is 16.3. The zero-order valence-electron chi connectivity index (χ0n) is 13.1. The van der Waals surface area contributed by atoms with Crippen molar-refractivity contribution in [1.82, 2.24) is 15.1 Å². The normalized spacial score (nSPS) is 30.9. The van der Waals surface area contributed by atoms with E-state index in [0.717, 1.165) is 13.1 Å². The highest BCUT2D eigenvalue weighted by Gasteiger charge is 2.47. The Morgan fingerprint density at radius 2 is 2.00 bits per heavy atom. The van der Waals surface area contributed by atoms with Crippen LogP contribution in [0.25, 0.3) is 0 Å². The van der Waals surface area contributed by atoms with E-state index in [2.05, 4.69) is 29.2 Å². The summed E-state index contributed by atoms with van der Waals surface area (Å²) in [5.74, 6) is 0.692. The van der Waals surface area contributed by atoms with Gasteiger partial charge in [-0.1, -0.05) is 0 Å². The molecule has 0 aromatic carbocycles. The zero-order valence-corrected chi connectivity index (χ0v) is 13.1. The van der Waals surface area contributed by atoms with Crippen molar-refractivity contribution in [2.75, 3.05) is 40.3 Å². The maximum absolute atomic E-state index is 10.0. The van der Waals surface area contributed by atoms with Gasteiger partial charge >= 0.3 is 0 Å². The number of nitrogens with zero attached hydrogens (tertiary/aromatic N) is 2. The quantitative estimate of drug-likeness (QED) is 0.693. The van der Waals surface area contributed by atoms with Crippen molar-refractivity contribution in [1.29, 1.82) is 0 Å². The van der Waals surface area contributed by atoms with Gasteiger partial charge in [0.1, 0.15) is 0 Å². The molecule has 0 radical (unpaired) electrons. The molecule has 116 valence electrons. The Bertz CT molecular complexity index is 330. The van der Waals surface area contributed by atoms with E-state index in [-0.39, 0.29) is 5.54 Å². The molecule has 4 nitrogen and oxygen atoms in total. The molecule has 1 heterocycles. The Morgan fingerprint density at radius 3 is 2.50 bits per heavy atom. The molecule has 20 heavy (non-hydrogen) atoms. The maximum Gasteiger partial charge on any atom is 0.0628 e. The summed E-state index contributed by atoms with van der Waals surface area (Å²) in [6.45, 7) is 3.66. The van der Waals surface area contributed by atoms with Gasteiger partial charge < -0.3 is 20.2 Å². The fraction of sp³-hybridized carbons (Fsp3) is 1.00. The van der Waals surface area contributed by atoms with Crippen LogP contribution in [0.3, 0.4) is 0 Å². The largest absolute Gasteiger partial charge is 0.394 e. The van der Waals surface area contributed by atoms with Crippen LogP contribution >= 0.6 is 0 Å². The molecule has 0 aromatic heterocycles. The van der Waals surface area contributed by atoms with E-state index in [1.54, 1.807) is 0 Å². The Morgan fingerprint density at radius 1 is 1.25 bits per heavy atom. The van der Waals surface area contributed by atoms with Crippen LogP contribution in [0.1, 0.15) is 38.5 Å². The molecule has 0 bridgehead atoms. The second-order valence-electron chi connectivity index (χ2n) is 7.48. The van der Waals surface area contributed by atoms with Crippen molar-refractivity contribution in [3.63, 3.8) is 0 Å². The molecule has 0 aromatic rings. The maximum atomic E-state index is 10.0. The Balaban J connectivity index is 1.56. The summed E-state index contributed by atoms with van der Waals surface area (Å²) in [6, 6.07) is 1.38. The molecule has 2 aliphatic carbocycles.